The highest BCUT2D eigenvalue weighted by Gasteiger charge is 2.32. The third-order valence-electron chi connectivity index (χ3n) is 6.02. The first-order valence-electron chi connectivity index (χ1n) is 10.1. The Labute approximate surface area is 138 Å². The van der Waals surface area contributed by atoms with Gasteiger partial charge in [0.1, 0.15) is 0 Å². The first-order chi connectivity index (χ1) is 10.7. The Kier molecular flexibility index (Phi) is 6.21. The zero-order valence-electron chi connectivity index (χ0n) is 15.0. The number of nitrogens with one attached hydrogen (secondary N) is 1. The summed E-state index contributed by atoms with van der Waals surface area (Å²) in [6.45, 7) is 9.99. The molecule has 1 aliphatic heterocycles. The van der Waals surface area contributed by atoms with Crippen LogP contribution >= 0.6 is 0 Å². The zero-order valence-corrected chi connectivity index (χ0v) is 15.0. The van der Waals surface area contributed by atoms with Gasteiger partial charge in [-0.25, -0.2) is 0 Å². The molecule has 0 spiro atoms. The third-order valence-corrected chi connectivity index (χ3v) is 6.02. The number of rotatable bonds is 7. The number of nitrogens with zero attached hydrogens (tertiary/aromatic N) is 1. The van der Waals surface area contributed by atoms with Crippen molar-refractivity contribution in [3.05, 3.63) is 0 Å². The van der Waals surface area contributed by atoms with Crippen LogP contribution in [-0.4, -0.2) is 37.1 Å². The van der Waals surface area contributed by atoms with Crippen LogP contribution in [0, 0.1) is 23.7 Å². The molecule has 128 valence electrons. The highest BCUT2D eigenvalue weighted by molar-refractivity contribution is 4.88. The summed E-state index contributed by atoms with van der Waals surface area (Å²) >= 11 is 0. The van der Waals surface area contributed by atoms with Gasteiger partial charge in [-0.15, -0.1) is 0 Å². The summed E-state index contributed by atoms with van der Waals surface area (Å²) < 4.78 is 0. The summed E-state index contributed by atoms with van der Waals surface area (Å²) in [5.74, 6) is 3.82. The lowest BCUT2D eigenvalue weighted by atomic mass is 9.87. The van der Waals surface area contributed by atoms with Gasteiger partial charge in [0.05, 0.1) is 0 Å². The standard InChI is InChI=1S/C20H38N2/c1-16(2)13-22-14-19(10-17-8-9-17)11-20(15-22)21-12-18-6-4-3-5-7-18/h16-21H,3-15H2,1-2H3. The first-order valence-corrected chi connectivity index (χ1v) is 10.1. The van der Waals surface area contributed by atoms with Crippen molar-refractivity contribution in [1.82, 2.24) is 10.2 Å². The van der Waals surface area contributed by atoms with E-state index in [2.05, 4.69) is 24.1 Å². The van der Waals surface area contributed by atoms with Crippen molar-refractivity contribution < 1.29 is 0 Å². The van der Waals surface area contributed by atoms with Gasteiger partial charge in [-0.05, 0) is 55.9 Å². The van der Waals surface area contributed by atoms with Gasteiger partial charge in [0, 0.05) is 25.7 Å². The second kappa shape index (κ2) is 8.15. The summed E-state index contributed by atoms with van der Waals surface area (Å²) in [5.41, 5.74) is 0. The van der Waals surface area contributed by atoms with Crippen LogP contribution in [0.25, 0.3) is 0 Å². The summed E-state index contributed by atoms with van der Waals surface area (Å²) in [6.07, 6.45) is 13.4. The van der Waals surface area contributed by atoms with Crippen LogP contribution in [0.5, 0.6) is 0 Å². The van der Waals surface area contributed by atoms with E-state index in [9.17, 15) is 0 Å². The Bertz CT molecular complexity index is 306. The van der Waals surface area contributed by atoms with E-state index in [-0.39, 0.29) is 0 Å². The maximum atomic E-state index is 3.98. The van der Waals surface area contributed by atoms with E-state index in [1.165, 1.54) is 84.0 Å². The van der Waals surface area contributed by atoms with Crippen LogP contribution in [-0.2, 0) is 0 Å². The lowest BCUT2D eigenvalue weighted by Crippen LogP contribution is -2.51. The fraction of sp³-hybridized carbons (Fsp3) is 1.00. The van der Waals surface area contributed by atoms with Crippen molar-refractivity contribution >= 4 is 0 Å². The molecule has 3 fully saturated rings. The molecule has 2 heteroatoms. The summed E-state index contributed by atoms with van der Waals surface area (Å²) in [6, 6.07) is 0.762. The topological polar surface area (TPSA) is 15.3 Å². The van der Waals surface area contributed by atoms with E-state index in [0.29, 0.717) is 0 Å². The highest BCUT2D eigenvalue weighted by Crippen LogP contribution is 2.38. The van der Waals surface area contributed by atoms with Gasteiger partial charge < -0.3 is 10.2 Å². The molecule has 0 bridgehead atoms. The maximum Gasteiger partial charge on any atom is 0.0198 e. The molecule has 22 heavy (non-hydrogen) atoms. The Morgan fingerprint density at radius 2 is 1.68 bits per heavy atom. The average molecular weight is 307 g/mol. The smallest absolute Gasteiger partial charge is 0.0198 e. The van der Waals surface area contributed by atoms with E-state index >= 15 is 0 Å². The largest absolute Gasteiger partial charge is 0.312 e. The second-order valence-electron chi connectivity index (χ2n) is 9.00. The van der Waals surface area contributed by atoms with Crippen molar-refractivity contribution in [1.29, 1.82) is 0 Å². The third kappa shape index (κ3) is 5.53. The van der Waals surface area contributed by atoms with Crippen LogP contribution < -0.4 is 5.32 Å². The number of hydrogen-bond donors (Lipinski definition) is 1. The van der Waals surface area contributed by atoms with Gasteiger partial charge in [0.2, 0.25) is 0 Å². The van der Waals surface area contributed by atoms with Crippen LogP contribution in [0.3, 0.4) is 0 Å². The predicted octanol–water partition coefficient (Wildman–Crippen LogP) is 4.30. The molecule has 0 aromatic carbocycles. The molecule has 2 nitrogen and oxygen atoms in total. The second-order valence-corrected chi connectivity index (χ2v) is 9.00. The molecule has 0 amide bonds. The van der Waals surface area contributed by atoms with Gasteiger partial charge in [-0.3, -0.25) is 0 Å². The Hall–Kier alpha value is -0.0800. The van der Waals surface area contributed by atoms with Gasteiger partial charge in [0.25, 0.3) is 0 Å². The zero-order chi connectivity index (χ0) is 15.4. The molecule has 2 saturated carbocycles. The molecule has 0 radical (unpaired) electrons. The van der Waals surface area contributed by atoms with E-state index in [0.717, 1.165) is 29.7 Å². The van der Waals surface area contributed by atoms with Crippen LogP contribution in [0.2, 0.25) is 0 Å². The minimum absolute atomic E-state index is 0.762. The van der Waals surface area contributed by atoms with Gasteiger partial charge in [0.15, 0.2) is 0 Å². The minimum Gasteiger partial charge on any atom is -0.312 e. The first kappa shape index (κ1) is 16.8. The van der Waals surface area contributed by atoms with Crippen molar-refractivity contribution in [3.8, 4) is 0 Å². The van der Waals surface area contributed by atoms with Crippen molar-refractivity contribution in [2.75, 3.05) is 26.2 Å². The lowest BCUT2D eigenvalue weighted by Gasteiger charge is -2.40. The molecular weight excluding hydrogens is 268 g/mol. The molecule has 1 N–H and O–H groups in total. The summed E-state index contributed by atoms with van der Waals surface area (Å²) in [4.78, 5) is 2.76. The number of hydrogen-bond acceptors (Lipinski definition) is 2. The molecule has 2 atom stereocenters. The fourth-order valence-corrected chi connectivity index (χ4v) is 4.84. The molecule has 3 rings (SSSR count). The normalized spacial score (nSPS) is 31.8. The van der Waals surface area contributed by atoms with Crippen molar-refractivity contribution in [3.63, 3.8) is 0 Å². The SMILES string of the molecule is CC(C)CN1CC(CC2CC2)CC(NCC2CCCCC2)C1. The quantitative estimate of drug-likeness (QED) is 0.754. The van der Waals surface area contributed by atoms with Crippen LogP contribution in [0.4, 0.5) is 0 Å². The Balaban J connectivity index is 1.46. The molecule has 0 aromatic heterocycles. The number of piperidine rings is 1. The Morgan fingerprint density at radius 1 is 0.909 bits per heavy atom. The summed E-state index contributed by atoms with van der Waals surface area (Å²) in [5, 5.41) is 3.98. The van der Waals surface area contributed by atoms with E-state index in [1.807, 2.05) is 0 Å². The highest BCUT2D eigenvalue weighted by atomic mass is 15.2. The maximum absolute atomic E-state index is 3.98. The average Bonchev–Trinajstić information content (AvgIpc) is 3.29. The predicted molar refractivity (Wildman–Crippen MR) is 95.1 cm³/mol. The molecule has 1 heterocycles. The molecule has 2 aliphatic carbocycles. The molecule has 3 aliphatic rings. The van der Waals surface area contributed by atoms with Crippen molar-refractivity contribution in [2.24, 2.45) is 23.7 Å². The fourth-order valence-electron chi connectivity index (χ4n) is 4.84. The van der Waals surface area contributed by atoms with Crippen LogP contribution in [0.1, 0.15) is 71.6 Å². The van der Waals surface area contributed by atoms with Gasteiger partial charge >= 0.3 is 0 Å². The minimum atomic E-state index is 0.762. The van der Waals surface area contributed by atoms with E-state index < -0.39 is 0 Å². The lowest BCUT2D eigenvalue weighted by molar-refractivity contribution is 0.117. The molecule has 0 aromatic rings. The van der Waals surface area contributed by atoms with Gasteiger partial charge in [-0.1, -0.05) is 46.0 Å². The monoisotopic (exact) mass is 306 g/mol. The molecule has 1 saturated heterocycles. The molecule has 2 unspecified atom stereocenters. The van der Waals surface area contributed by atoms with Crippen LogP contribution in [0.15, 0.2) is 0 Å². The van der Waals surface area contributed by atoms with E-state index in [1.54, 1.807) is 0 Å². The van der Waals surface area contributed by atoms with Crippen molar-refractivity contribution in [2.45, 2.75) is 77.7 Å². The Morgan fingerprint density at radius 3 is 2.36 bits per heavy atom. The summed E-state index contributed by atoms with van der Waals surface area (Å²) in [7, 11) is 0. The van der Waals surface area contributed by atoms with Gasteiger partial charge in [-0.2, -0.15) is 0 Å². The molecular formula is C20H38N2. The number of likely N-dealkylation sites (tertiary alicyclic amines) is 1. The van der Waals surface area contributed by atoms with E-state index in [4.69, 9.17) is 0 Å².